The average Bonchev–Trinajstić information content (AvgIpc) is 1.99. The van der Waals surface area contributed by atoms with E-state index in [2.05, 4.69) is 0 Å². The molecule has 0 spiro atoms. The lowest BCUT2D eigenvalue weighted by Gasteiger charge is -2.01. The number of hydrogen-bond acceptors (Lipinski definition) is 2. The third kappa shape index (κ3) is 1.71. The summed E-state index contributed by atoms with van der Waals surface area (Å²) in [6.07, 6.45) is 0.772. The van der Waals surface area contributed by atoms with Gasteiger partial charge in [-0.3, -0.25) is 4.79 Å². The molecule has 58 valence electrons. The van der Waals surface area contributed by atoms with Gasteiger partial charge in [0.15, 0.2) is 0 Å². The van der Waals surface area contributed by atoms with Crippen LogP contribution in [0.3, 0.4) is 0 Å². The average molecular weight is 262 g/mol. The van der Waals surface area contributed by atoms with Crippen molar-refractivity contribution < 1.29 is 9.90 Å². The number of phenols is 1. The van der Waals surface area contributed by atoms with Gasteiger partial charge >= 0.3 is 0 Å². The molecule has 1 aromatic carbocycles. The Morgan fingerprint density at radius 2 is 2.18 bits per heavy atom. The fourth-order valence-electron chi connectivity index (χ4n) is 0.831. The maximum absolute atomic E-state index is 10.3. The summed E-state index contributed by atoms with van der Waals surface area (Å²) in [5, 5.41) is 9.30. The molecular weight excluding hydrogens is 255 g/mol. The van der Waals surface area contributed by atoms with Crippen LogP contribution in [0.2, 0.25) is 0 Å². The predicted octanol–water partition coefficient (Wildman–Crippen LogP) is 2.12. The fraction of sp³-hybridized carbons (Fsp3) is 0.125. The standard InChI is InChI=1S/C8H7IO2/c1-5-2-6(4-10)3-7(9)8(5)11/h2-4,11H,1H3. The number of aromatic hydroxyl groups is 1. The topological polar surface area (TPSA) is 37.3 Å². The predicted molar refractivity (Wildman–Crippen MR) is 50.9 cm³/mol. The van der Waals surface area contributed by atoms with E-state index in [-0.39, 0.29) is 5.75 Å². The van der Waals surface area contributed by atoms with Crippen molar-refractivity contribution in [2.24, 2.45) is 0 Å². The number of phenolic OH excluding ortho intramolecular Hbond substituents is 1. The zero-order valence-corrected chi connectivity index (χ0v) is 8.12. The molecule has 0 saturated heterocycles. The van der Waals surface area contributed by atoms with Gasteiger partial charge in [0.25, 0.3) is 0 Å². The van der Waals surface area contributed by atoms with Crippen molar-refractivity contribution >= 4 is 28.9 Å². The van der Waals surface area contributed by atoms with Crippen LogP contribution in [0.15, 0.2) is 12.1 Å². The Kier molecular flexibility index (Phi) is 2.49. The third-order valence-electron chi connectivity index (χ3n) is 1.41. The molecule has 1 N–H and O–H groups in total. The Hall–Kier alpha value is -0.580. The molecule has 0 aliphatic carbocycles. The van der Waals surface area contributed by atoms with Gasteiger partial charge < -0.3 is 5.11 Å². The highest BCUT2D eigenvalue weighted by Crippen LogP contribution is 2.24. The van der Waals surface area contributed by atoms with Gasteiger partial charge in [-0.1, -0.05) is 0 Å². The summed E-state index contributed by atoms with van der Waals surface area (Å²) >= 11 is 1.99. The van der Waals surface area contributed by atoms with Gasteiger partial charge in [-0.05, 0) is 47.2 Å². The van der Waals surface area contributed by atoms with Gasteiger partial charge in [-0.15, -0.1) is 0 Å². The van der Waals surface area contributed by atoms with Gasteiger partial charge in [0.1, 0.15) is 12.0 Å². The summed E-state index contributed by atoms with van der Waals surface area (Å²) < 4.78 is 0.713. The number of benzene rings is 1. The summed E-state index contributed by atoms with van der Waals surface area (Å²) in [5.41, 5.74) is 1.34. The molecule has 0 unspecified atom stereocenters. The number of rotatable bonds is 1. The zero-order valence-electron chi connectivity index (χ0n) is 5.97. The molecule has 1 rings (SSSR count). The number of halogens is 1. The minimum atomic E-state index is 0.260. The minimum absolute atomic E-state index is 0.260. The zero-order chi connectivity index (χ0) is 8.43. The molecule has 0 atom stereocenters. The van der Waals surface area contributed by atoms with Crippen molar-refractivity contribution in [2.75, 3.05) is 0 Å². The third-order valence-corrected chi connectivity index (χ3v) is 2.23. The summed E-state index contributed by atoms with van der Waals surface area (Å²) in [6, 6.07) is 3.31. The lowest BCUT2D eigenvalue weighted by molar-refractivity contribution is 0.112. The molecule has 11 heavy (non-hydrogen) atoms. The highest BCUT2D eigenvalue weighted by molar-refractivity contribution is 14.1. The molecule has 3 heteroatoms. The van der Waals surface area contributed by atoms with E-state index >= 15 is 0 Å². The Bertz CT molecular complexity index is 271. The summed E-state index contributed by atoms with van der Waals surface area (Å²) in [7, 11) is 0. The minimum Gasteiger partial charge on any atom is -0.507 e. The van der Waals surface area contributed by atoms with Crippen molar-refractivity contribution in [1.29, 1.82) is 0 Å². The first-order chi connectivity index (χ1) is 5.15. The van der Waals surface area contributed by atoms with Crippen molar-refractivity contribution in [3.05, 3.63) is 26.8 Å². The molecule has 0 aliphatic heterocycles. The van der Waals surface area contributed by atoms with Crippen LogP contribution in [0.1, 0.15) is 15.9 Å². The fourth-order valence-corrected chi connectivity index (χ4v) is 1.62. The monoisotopic (exact) mass is 262 g/mol. The van der Waals surface area contributed by atoms with E-state index < -0.39 is 0 Å². The van der Waals surface area contributed by atoms with Gasteiger partial charge in [-0.2, -0.15) is 0 Å². The number of carbonyl (C=O) groups excluding carboxylic acids is 1. The number of aryl methyl sites for hydroxylation is 1. The van der Waals surface area contributed by atoms with Crippen LogP contribution in [0.5, 0.6) is 5.75 Å². The summed E-state index contributed by atoms with van der Waals surface area (Å²) in [6.45, 7) is 1.77. The summed E-state index contributed by atoms with van der Waals surface area (Å²) in [5.74, 6) is 0.260. The van der Waals surface area contributed by atoms with Gasteiger partial charge in [-0.25, -0.2) is 0 Å². The van der Waals surface area contributed by atoms with Gasteiger partial charge in [0.2, 0.25) is 0 Å². The number of hydrogen-bond donors (Lipinski definition) is 1. The van der Waals surface area contributed by atoms with Crippen molar-refractivity contribution in [1.82, 2.24) is 0 Å². The first kappa shape index (κ1) is 8.52. The van der Waals surface area contributed by atoms with E-state index in [0.29, 0.717) is 9.13 Å². The van der Waals surface area contributed by atoms with Crippen LogP contribution in [0.4, 0.5) is 0 Å². The van der Waals surface area contributed by atoms with Crippen molar-refractivity contribution in [2.45, 2.75) is 6.92 Å². The molecule has 2 nitrogen and oxygen atoms in total. The molecule has 0 bridgehead atoms. The Balaban J connectivity index is 3.31. The highest BCUT2D eigenvalue weighted by Gasteiger charge is 2.02. The molecule has 0 radical (unpaired) electrons. The molecule has 0 amide bonds. The molecular formula is C8H7IO2. The van der Waals surface area contributed by atoms with Crippen LogP contribution < -0.4 is 0 Å². The lowest BCUT2D eigenvalue weighted by Crippen LogP contribution is -1.85. The van der Waals surface area contributed by atoms with Crippen molar-refractivity contribution in [3.8, 4) is 5.75 Å². The second kappa shape index (κ2) is 3.21. The first-order valence-corrected chi connectivity index (χ1v) is 4.17. The van der Waals surface area contributed by atoms with E-state index in [0.717, 1.165) is 11.8 Å². The van der Waals surface area contributed by atoms with Crippen LogP contribution in [-0.4, -0.2) is 11.4 Å². The lowest BCUT2D eigenvalue weighted by atomic mass is 10.1. The first-order valence-electron chi connectivity index (χ1n) is 3.09. The van der Waals surface area contributed by atoms with Gasteiger partial charge in [0, 0.05) is 5.56 Å². The largest absolute Gasteiger partial charge is 0.507 e. The van der Waals surface area contributed by atoms with Crippen LogP contribution >= 0.6 is 22.6 Å². The van der Waals surface area contributed by atoms with E-state index in [1.165, 1.54) is 0 Å². The SMILES string of the molecule is Cc1cc(C=O)cc(I)c1O. The molecule has 0 fully saturated rings. The van der Waals surface area contributed by atoms with E-state index in [1.807, 2.05) is 22.6 Å². The highest BCUT2D eigenvalue weighted by atomic mass is 127. The molecule has 0 heterocycles. The van der Waals surface area contributed by atoms with E-state index in [9.17, 15) is 9.90 Å². The molecule has 0 saturated carbocycles. The maximum Gasteiger partial charge on any atom is 0.150 e. The van der Waals surface area contributed by atoms with Crippen LogP contribution in [0, 0.1) is 10.5 Å². The second-order valence-corrected chi connectivity index (χ2v) is 3.45. The van der Waals surface area contributed by atoms with Crippen LogP contribution in [0.25, 0.3) is 0 Å². The smallest absolute Gasteiger partial charge is 0.150 e. The normalized spacial score (nSPS) is 9.64. The van der Waals surface area contributed by atoms with E-state index in [4.69, 9.17) is 0 Å². The molecule has 0 aromatic heterocycles. The second-order valence-electron chi connectivity index (χ2n) is 2.29. The number of carbonyl (C=O) groups is 1. The Labute approximate surface area is 78.4 Å². The Morgan fingerprint density at radius 1 is 1.55 bits per heavy atom. The van der Waals surface area contributed by atoms with E-state index in [1.54, 1.807) is 19.1 Å². The molecule has 0 aliphatic rings. The number of aldehydes is 1. The summed E-state index contributed by atoms with van der Waals surface area (Å²) in [4.78, 5) is 10.3. The maximum atomic E-state index is 10.3. The van der Waals surface area contributed by atoms with Crippen molar-refractivity contribution in [3.63, 3.8) is 0 Å². The molecule has 1 aromatic rings. The Morgan fingerprint density at radius 3 is 2.64 bits per heavy atom. The van der Waals surface area contributed by atoms with Crippen LogP contribution in [-0.2, 0) is 0 Å². The van der Waals surface area contributed by atoms with Gasteiger partial charge in [0.05, 0.1) is 3.57 Å². The quantitative estimate of drug-likeness (QED) is 0.621.